The molecule has 138 valence electrons. The molecule has 1 aromatic carbocycles. The molecule has 0 radical (unpaired) electrons. The van der Waals surface area contributed by atoms with Crippen molar-refractivity contribution < 1.29 is 9.47 Å². The number of hydrogen-bond acceptors (Lipinski definition) is 4. The number of halogens is 2. The molecule has 1 fully saturated rings. The Morgan fingerprint density at radius 1 is 1.31 bits per heavy atom. The third-order valence-corrected chi connectivity index (χ3v) is 6.93. The summed E-state index contributed by atoms with van der Waals surface area (Å²) in [5.74, 6) is 1.88. The quantitative estimate of drug-likeness (QED) is 0.677. The molecule has 0 saturated heterocycles. The van der Waals surface area contributed by atoms with Crippen LogP contribution in [0.15, 0.2) is 34.9 Å². The van der Waals surface area contributed by atoms with Gasteiger partial charge in [-0.3, -0.25) is 0 Å². The van der Waals surface area contributed by atoms with Crippen molar-refractivity contribution in [3.05, 3.63) is 51.1 Å². The normalized spacial score (nSPS) is 24.3. The maximum Gasteiger partial charge on any atom is 0.134 e. The molecule has 0 amide bonds. The number of ether oxygens (including phenoxy) is 2. The first-order chi connectivity index (χ1) is 12.6. The van der Waals surface area contributed by atoms with Gasteiger partial charge in [0.05, 0.1) is 22.7 Å². The molecule has 2 atom stereocenters. The summed E-state index contributed by atoms with van der Waals surface area (Å²) >= 11 is 10.3. The zero-order chi connectivity index (χ0) is 18.3. The van der Waals surface area contributed by atoms with Crippen LogP contribution in [-0.4, -0.2) is 31.9 Å². The summed E-state index contributed by atoms with van der Waals surface area (Å²) in [6.45, 7) is 1.73. The van der Waals surface area contributed by atoms with Crippen molar-refractivity contribution in [2.45, 2.75) is 37.3 Å². The lowest BCUT2D eigenvalue weighted by Gasteiger charge is -2.26. The lowest BCUT2D eigenvalue weighted by Crippen LogP contribution is -2.32. The van der Waals surface area contributed by atoms with Crippen molar-refractivity contribution in [1.29, 1.82) is 0 Å². The Hall–Kier alpha value is -1.30. The topological polar surface area (TPSA) is 34.6 Å². The highest BCUT2D eigenvalue weighted by molar-refractivity contribution is 9.10. The van der Waals surface area contributed by atoms with E-state index in [0.29, 0.717) is 6.10 Å². The van der Waals surface area contributed by atoms with E-state index < -0.39 is 0 Å². The summed E-state index contributed by atoms with van der Waals surface area (Å²) < 4.78 is 11.8. The molecule has 4 rings (SSSR count). The van der Waals surface area contributed by atoms with E-state index in [1.165, 1.54) is 11.1 Å². The van der Waals surface area contributed by atoms with Gasteiger partial charge in [-0.25, -0.2) is 4.98 Å². The molecule has 6 heteroatoms. The maximum absolute atomic E-state index is 6.74. The maximum atomic E-state index is 6.74. The molecule has 26 heavy (non-hydrogen) atoms. The van der Waals surface area contributed by atoms with Crippen LogP contribution in [0.4, 0.5) is 5.82 Å². The zero-order valence-electron chi connectivity index (χ0n) is 15.0. The van der Waals surface area contributed by atoms with E-state index in [2.05, 4.69) is 33.0 Å². The van der Waals surface area contributed by atoms with E-state index in [0.717, 1.165) is 53.4 Å². The molecule has 0 unspecified atom stereocenters. The highest BCUT2D eigenvalue weighted by Crippen LogP contribution is 2.54. The highest BCUT2D eigenvalue weighted by Gasteiger charge is 2.50. The SMILES string of the molecule is COc1ccc(CN2C[C@@]3(CC[C@H](OC)C3)c3c2ncc(Br)c3Cl)cc1. The van der Waals surface area contributed by atoms with E-state index in [1.54, 1.807) is 14.2 Å². The number of nitrogens with zero attached hydrogens (tertiary/aromatic N) is 2. The first-order valence-electron chi connectivity index (χ1n) is 8.81. The Bertz CT molecular complexity index is 814. The summed E-state index contributed by atoms with van der Waals surface area (Å²) in [6, 6.07) is 8.22. The minimum atomic E-state index is 0.0242. The molecule has 0 bridgehead atoms. The third kappa shape index (κ3) is 3.00. The van der Waals surface area contributed by atoms with Crippen LogP contribution in [-0.2, 0) is 16.7 Å². The Morgan fingerprint density at radius 2 is 2.08 bits per heavy atom. The van der Waals surface area contributed by atoms with Gasteiger partial charge in [0.25, 0.3) is 0 Å². The van der Waals surface area contributed by atoms with E-state index in [9.17, 15) is 0 Å². The van der Waals surface area contributed by atoms with Crippen LogP contribution < -0.4 is 9.64 Å². The molecule has 2 heterocycles. The molecule has 2 aromatic rings. The van der Waals surface area contributed by atoms with Gasteiger partial charge in [0.15, 0.2) is 0 Å². The monoisotopic (exact) mass is 436 g/mol. The van der Waals surface area contributed by atoms with E-state index in [4.69, 9.17) is 26.1 Å². The number of anilines is 1. The van der Waals surface area contributed by atoms with Gasteiger partial charge >= 0.3 is 0 Å². The van der Waals surface area contributed by atoms with Crippen molar-refractivity contribution in [1.82, 2.24) is 4.98 Å². The first kappa shape index (κ1) is 18.1. The highest BCUT2D eigenvalue weighted by atomic mass is 79.9. The second-order valence-corrected chi connectivity index (χ2v) is 8.44. The predicted molar refractivity (Wildman–Crippen MR) is 107 cm³/mol. The molecule has 4 nitrogen and oxygen atoms in total. The molecule has 1 saturated carbocycles. The Morgan fingerprint density at radius 3 is 2.73 bits per heavy atom. The van der Waals surface area contributed by atoms with Crippen LogP contribution >= 0.6 is 27.5 Å². The molecule has 1 aliphatic heterocycles. The molecule has 2 aliphatic rings. The summed E-state index contributed by atoms with van der Waals surface area (Å²) in [5.41, 5.74) is 2.44. The van der Waals surface area contributed by atoms with Crippen molar-refractivity contribution in [2.75, 3.05) is 25.7 Å². The average molecular weight is 438 g/mol. The van der Waals surface area contributed by atoms with Gasteiger partial charge in [0.1, 0.15) is 11.6 Å². The Labute approximate surface area is 167 Å². The van der Waals surface area contributed by atoms with Gasteiger partial charge < -0.3 is 14.4 Å². The first-order valence-corrected chi connectivity index (χ1v) is 9.98. The number of pyridine rings is 1. The standard InChI is InChI=1S/C20H22BrClN2O2/c1-25-14-5-3-13(4-6-14)11-24-12-20(8-7-15(9-20)26-2)17-18(22)16(21)10-23-19(17)24/h3-6,10,15H,7-9,11-12H2,1-2H3/t15-,20-/m0/s1. The second kappa shape index (κ2) is 7.02. The number of hydrogen-bond donors (Lipinski definition) is 0. The number of methoxy groups -OCH3 is 2. The summed E-state index contributed by atoms with van der Waals surface area (Å²) in [7, 11) is 3.49. The van der Waals surface area contributed by atoms with Gasteiger partial charge in [-0.1, -0.05) is 23.7 Å². The smallest absolute Gasteiger partial charge is 0.134 e. The third-order valence-electron chi connectivity index (χ3n) is 5.71. The van der Waals surface area contributed by atoms with Crippen molar-refractivity contribution >= 4 is 33.3 Å². The van der Waals surface area contributed by atoms with E-state index in [1.807, 2.05) is 18.3 Å². The van der Waals surface area contributed by atoms with Crippen molar-refractivity contribution in [3.63, 3.8) is 0 Å². The van der Waals surface area contributed by atoms with E-state index >= 15 is 0 Å². The molecule has 1 spiro atoms. The Balaban J connectivity index is 1.69. The fraction of sp³-hybridized carbons (Fsp3) is 0.450. The molecular formula is C20H22BrClN2O2. The fourth-order valence-corrected chi connectivity index (χ4v) is 5.05. The minimum Gasteiger partial charge on any atom is -0.497 e. The van der Waals surface area contributed by atoms with Crippen LogP contribution in [0, 0.1) is 0 Å². The van der Waals surface area contributed by atoms with Gasteiger partial charge in [-0.15, -0.1) is 0 Å². The number of aromatic nitrogens is 1. The predicted octanol–water partition coefficient (Wildman–Crippen LogP) is 4.96. The summed E-state index contributed by atoms with van der Waals surface area (Å²) in [6.07, 6.45) is 5.24. The van der Waals surface area contributed by atoms with Gasteiger partial charge in [0, 0.05) is 37.4 Å². The van der Waals surface area contributed by atoms with Crippen LogP contribution in [0.2, 0.25) is 5.02 Å². The minimum absolute atomic E-state index is 0.0242. The van der Waals surface area contributed by atoms with Gasteiger partial charge in [-0.2, -0.15) is 0 Å². The van der Waals surface area contributed by atoms with Gasteiger partial charge in [-0.05, 0) is 52.9 Å². The van der Waals surface area contributed by atoms with Crippen LogP contribution in [0.1, 0.15) is 30.4 Å². The largest absolute Gasteiger partial charge is 0.497 e. The zero-order valence-corrected chi connectivity index (χ0v) is 17.3. The molecule has 0 N–H and O–H groups in total. The van der Waals surface area contributed by atoms with Gasteiger partial charge in [0.2, 0.25) is 0 Å². The lowest BCUT2D eigenvalue weighted by atomic mass is 9.81. The van der Waals surface area contributed by atoms with E-state index in [-0.39, 0.29) is 5.41 Å². The van der Waals surface area contributed by atoms with Crippen LogP contribution in [0.25, 0.3) is 0 Å². The molecule has 1 aromatic heterocycles. The van der Waals surface area contributed by atoms with Crippen LogP contribution in [0.3, 0.4) is 0 Å². The van der Waals surface area contributed by atoms with Crippen LogP contribution in [0.5, 0.6) is 5.75 Å². The fourth-order valence-electron chi connectivity index (χ4n) is 4.42. The number of fused-ring (bicyclic) bond motifs is 2. The average Bonchev–Trinajstić information content (AvgIpc) is 3.21. The van der Waals surface area contributed by atoms with Crippen molar-refractivity contribution in [3.8, 4) is 5.75 Å². The van der Waals surface area contributed by atoms with Crippen molar-refractivity contribution in [2.24, 2.45) is 0 Å². The number of rotatable bonds is 4. The second-order valence-electron chi connectivity index (χ2n) is 7.20. The summed E-state index contributed by atoms with van der Waals surface area (Å²) in [4.78, 5) is 7.08. The lowest BCUT2D eigenvalue weighted by molar-refractivity contribution is 0.104. The summed E-state index contributed by atoms with van der Waals surface area (Å²) in [5, 5.41) is 0.795. The number of benzene rings is 1. The molecular weight excluding hydrogens is 416 g/mol. The molecule has 1 aliphatic carbocycles. The Kier molecular flexibility index (Phi) is 4.88.